The average Bonchev–Trinajstić information content (AvgIpc) is 3.63. The zero-order chi connectivity index (χ0) is 25.8. The Morgan fingerprint density at radius 2 is 1.62 bits per heavy atom. The second kappa shape index (κ2) is 10.4. The summed E-state index contributed by atoms with van der Waals surface area (Å²) in [5.41, 5.74) is 0.923. The van der Waals surface area contributed by atoms with Gasteiger partial charge >= 0.3 is 0 Å². The van der Waals surface area contributed by atoms with Crippen LogP contribution in [0.25, 0.3) is 0 Å². The van der Waals surface area contributed by atoms with Gasteiger partial charge in [-0.2, -0.15) is 0 Å². The van der Waals surface area contributed by atoms with Crippen molar-refractivity contribution in [1.82, 2.24) is 20.1 Å². The lowest BCUT2D eigenvalue weighted by molar-refractivity contribution is -0.132. The van der Waals surface area contributed by atoms with E-state index in [9.17, 15) is 19.2 Å². The summed E-state index contributed by atoms with van der Waals surface area (Å²) in [7, 11) is 0. The van der Waals surface area contributed by atoms with E-state index in [1.807, 2.05) is 6.07 Å². The van der Waals surface area contributed by atoms with Gasteiger partial charge in [-0.25, -0.2) is 0 Å². The van der Waals surface area contributed by atoms with Gasteiger partial charge < -0.3 is 19.5 Å². The Labute approximate surface area is 214 Å². The molecule has 2 aliphatic heterocycles. The number of carbonyl (C=O) groups excluding carboxylic acids is 4. The molecule has 0 radical (unpaired) electrons. The highest BCUT2D eigenvalue weighted by molar-refractivity contribution is 6.14. The molecule has 0 saturated carbocycles. The third-order valence-corrected chi connectivity index (χ3v) is 7.34. The highest BCUT2D eigenvalue weighted by Crippen LogP contribution is 2.40. The average molecular weight is 501 g/mol. The molecule has 37 heavy (non-hydrogen) atoms. The molecule has 9 nitrogen and oxygen atoms in total. The molecule has 1 aromatic carbocycles. The topological polar surface area (TPSA) is 113 Å². The first kappa shape index (κ1) is 24.4. The van der Waals surface area contributed by atoms with Crippen molar-refractivity contribution in [2.24, 2.45) is 5.41 Å². The van der Waals surface area contributed by atoms with Gasteiger partial charge in [0, 0.05) is 37.9 Å². The number of nitrogens with zero attached hydrogens (tertiary/aromatic N) is 3. The van der Waals surface area contributed by atoms with Crippen molar-refractivity contribution < 1.29 is 23.6 Å². The van der Waals surface area contributed by atoms with E-state index in [-0.39, 0.29) is 41.0 Å². The van der Waals surface area contributed by atoms with Crippen LogP contribution in [0.3, 0.4) is 0 Å². The molecule has 0 aliphatic carbocycles. The van der Waals surface area contributed by atoms with E-state index in [0.29, 0.717) is 37.3 Å². The second-order valence-electron chi connectivity index (χ2n) is 9.61. The van der Waals surface area contributed by atoms with Crippen molar-refractivity contribution in [3.63, 3.8) is 0 Å². The van der Waals surface area contributed by atoms with Crippen molar-refractivity contribution in [1.29, 1.82) is 0 Å². The van der Waals surface area contributed by atoms with Gasteiger partial charge in [0.05, 0.1) is 18.4 Å². The molecule has 0 bridgehead atoms. The molecular formula is C28H28N4O5. The van der Waals surface area contributed by atoms with Gasteiger partial charge in [0.15, 0.2) is 11.5 Å². The first-order valence-electron chi connectivity index (χ1n) is 12.4. The molecule has 190 valence electrons. The summed E-state index contributed by atoms with van der Waals surface area (Å²) in [5.74, 6) is -0.856. The number of amides is 3. The molecular weight excluding hydrogens is 472 g/mol. The predicted octanol–water partition coefficient (Wildman–Crippen LogP) is 2.79. The van der Waals surface area contributed by atoms with E-state index in [1.165, 1.54) is 12.5 Å². The highest BCUT2D eigenvalue weighted by Gasteiger charge is 2.43. The van der Waals surface area contributed by atoms with Crippen molar-refractivity contribution >= 4 is 23.5 Å². The van der Waals surface area contributed by atoms with Crippen LogP contribution in [0.4, 0.5) is 0 Å². The molecule has 0 atom stereocenters. The van der Waals surface area contributed by atoms with Crippen LogP contribution >= 0.6 is 0 Å². The van der Waals surface area contributed by atoms with Gasteiger partial charge in [0.1, 0.15) is 5.69 Å². The Bertz CT molecular complexity index is 1300. The van der Waals surface area contributed by atoms with Crippen LogP contribution in [-0.4, -0.2) is 71.0 Å². The minimum Gasteiger partial charge on any atom is -0.459 e. The fraction of sp³-hybridized carbons (Fsp3) is 0.321. The van der Waals surface area contributed by atoms with Crippen molar-refractivity contribution in [3.8, 4) is 0 Å². The maximum absolute atomic E-state index is 13.4. The number of benzene rings is 1. The maximum Gasteiger partial charge on any atom is 0.287 e. The molecule has 2 saturated heterocycles. The summed E-state index contributed by atoms with van der Waals surface area (Å²) >= 11 is 0. The van der Waals surface area contributed by atoms with Crippen molar-refractivity contribution in [3.05, 3.63) is 89.6 Å². The molecule has 3 aromatic rings. The number of hydrogen-bond acceptors (Lipinski definition) is 6. The van der Waals surface area contributed by atoms with Crippen LogP contribution in [-0.2, 0) is 4.79 Å². The Hall–Kier alpha value is -4.27. The normalized spacial score (nSPS) is 16.5. The number of ketones is 1. The highest BCUT2D eigenvalue weighted by atomic mass is 16.3. The maximum atomic E-state index is 13.4. The minimum atomic E-state index is -0.420. The lowest BCUT2D eigenvalue weighted by Gasteiger charge is -2.39. The molecule has 2 fully saturated rings. The number of aromatic nitrogens is 1. The lowest BCUT2D eigenvalue weighted by atomic mass is 9.78. The zero-order valence-corrected chi connectivity index (χ0v) is 20.4. The predicted molar refractivity (Wildman–Crippen MR) is 134 cm³/mol. The van der Waals surface area contributed by atoms with E-state index < -0.39 is 5.91 Å². The Balaban J connectivity index is 1.18. The zero-order valence-electron chi connectivity index (χ0n) is 20.4. The van der Waals surface area contributed by atoms with Crippen LogP contribution in [0.1, 0.15) is 56.2 Å². The fourth-order valence-corrected chi connectivity index (χ4v) is 5.16. The summed E-state index contributed by atoms with van der Waals surface area (Å²) in [6, 6.07) is 15.4. The summed E-state index contributed by atoms with van der Waals surface area (Å²) in [5, 5.41) is 2.60. The van der Waals surface area contributed by atoms with Gasteiger partial charge in [-0.3, -0.25) is 24.2 Å². The van der Waals surface area contributed by atoms with E-state index in [0.717, 1.165) is 19.3 Å². The van der Waals surface area contributed by atoms with Gasteiger partial charge in [0.25, 0.3) is 11.8 Å². The number of piperidine rings is 1. The molecule has 1 N–H and O–H groups in total. The fourth-order valence-electron chi connectivity index (χ4n) is 5.16. The number of nitrogens with one attached hydrogen (secondary N) is 1. The smallest absolute Gasteiger partial charge is 0.287 e. The number of pyridine rings is 1. The summed E-state index contributed by atoms with van der Waals surface area (Å²) in [4.78, 5) is 59.0. The summed E-state index contributed by atoms with van der Waals surface area (Å²) in [6.07, 6.45) is 5.33. The van der Waals surface area contributed by atoms with Gasteiger partial charge in [-0.15, -0.1) is 0 Å². The van der Waals surface area contributed by atoms with Gasteiger partial charge in [-0.05, 0) is 48.9 Å². The first-order valence-corrected chi connectivity index (χ1v) is 12.4. The summed E-state index contributed by atoms with van der Waals surface area (Å²) < 4.78 is 5.05. The quantitative estimate of drug-likeness (QED) is 0.521. The second-order valence-corrected chi connectivity index (χ2v) is 9.61. The largest absolute Gasteiger partial charge is 0.459 e. The van der Waals surface area contributed by atoms with E-state index >= 15 is 0 Å². The third-order valence-electron chi connectivity index (χ3n) is 7.34. The van der Waals surface area contributed by atoms with Gasteiger partial charge in [0.2, 0.25) is 5.91 Å². The number of rotatable bonds is 6. The Morgan fingerprint density at radius 1 is 0.892 bits per heavy atom. The van der Waals surface area contributed by atoms with E-state index in [4.69, 9.17) is 4.42 Å². The number of carbonyl (C=O) groups is 4. The Morgan fingerprint density at radius 3 is 2.32 bits per heavy atom. The molecule has 4 heterocycles. The Kier molecular flexibility index (Phi) is 6.85. The van der Waals surface area contributed by atoms with Crippen molar-refractivity contribution in [2.45, 2.75) is 19.3 Å². The number of hydrogen-bond donors (Lipinski definition) is 1. The molecule has 5 rings (SSSR count). The SMILES string of the molecule is O=C(NCC(=O)N1CCC2(CC1)CCN(C(=O)c1ncccc1C(=O)c1ccccc1)C2)c1ccco1. The lowest BCUT2D eigenvalue weighted by Crippen LogP contribution is -2.47. The van der Waals surface area contributed by atoms with Crippen LogP contribution in [0, 0.1) is 5.41 Å². The van der Waals surface area contributed by atoms with Crippen LogP contribution in [0.5, 0.6) is 0 Å². The molecule has 9 heteroatoms. The number of furan rings is 1. The molecule has 2 aliphatic rings. The molecule has 3 amide bonds. The van der Waals surface area contributed by atoms with E-state index in [2.05, 4.69) is 10.3 Å². The monoisotopic (exact) mass is 500 g/mol. The van der Waals surface area contributed by atoms with Gasteiger partial charge in [-0.1, -0.05) is 30.3 Å². The molecule has 0 unspecified atom stereocenters. The van der Waals surface area contributed by atoms with Crippen LogP contribution < -0.4 is 5.32 Å². The van der Waals surface area contributed by atoms with Crippen LogP contribution in [0.2, 0.25) is 0 Å². The first-order chi connectivity index (χ1) is 18.0. The standard InChI is InChI=1S/C28H28N4O5/c33-23(18-30-26(35)22-9-5-17-37-22)31-14-10-28(11-15-31)12-16-32(19-28)27(36)24-21(8-4-13-29-24)25(34)20-6-2-1-3-7-20/h1-9,13,17H,10-12,14-16,18-19H2,(H,30,35). The minimum absolute atomic E-state index is 0.0672. The van der Waals surface area contributed by atoms with Crippen molar-refractivity contribution in [2.75, 3.05) is 32.7 Å². The number of likely N-dealkylation sites (tertiary alicyclic amines) is 2. The van der Waals surface area contributed by atoms with E-state index in [1.54, 1.807) is 58.3 Å². The third kappa shape index (κ3) is 5.16. The molecule has 2 aromatic heterocycles. The molecule has 1 spiro atoms. The van der Waals surface area contributed by atoms with Crippen LogP contribution in [0.15, 0.2) is 71.5 Å². The summed E-state index contributed by atoms with van der Waals surface area (Å²) in [6.45, 7) is 2.20.